The number of halogens is 1. The smallest absolute Gasteiger partial charge is 0.223 e. The van der Waals surface area contributed by atoms with Crippen LogP contribution in [-0.2, 0) is 9.53 Å². The Morgan fingerprint density at radius 2 is 2.16 bits per heavy atom. The van der Waals surface area contributed by atoms with Gasteiger partial charge in [-0.05, 0) is 19.9 Å². The Labute approximate surface area is 122 Å². The van der Waals surface area contributed by atoms with E-state index >= 15 is 0 Å². The minimum Gasteiger partial charge on any atom is -0.377 e. The molecule has 2 saturated heterocycles. The summed E-state index contributed by atoms with van der Waals surface area (Å²) in [5, 5.41) is 3.26. The van der Waals surface area contributed by atoms with E-state index in [2.05, 4.69) is 17.3 Å². The first-order valence-electron chi connectivity index (χ1n) is 7.04. The molecule has 5 nitrogen and oxygen atoms in total. The summed E-state index contributed by atoms with van der Waals surface area (Å²) in [6.07, 6.45) is 3.35. The third kappa shape index (κ3) is 5.65. The molecule has 19 heavy (non-hydrogen) atoms. The molecule has 2 rings (SSSR count). The molecular weight excluding hydrogens is 266 g/mol. The molecule has 0 aromatic rings. The second-order valence-electron chi connectivity index (χ2n) is 5.28. The second-order valence-corrected chi connectivity index (χ2v) is 5.28. The summed E-state index contributed by atoms with van der Waals surface area (Å²) in [6.45, 7) is 6.26. The number of nitrogens with zero attached hydrogens (tertiary/aromatic N) is 2. The standard InChI is InChI=1S/C13H25N3O2.ClH/c1-15(11-12-3-2-10-18-12)7-4-13(17)16-8-5-14-6-9-16;/h12,14H,2-11H2,1H3;1H. The molecule has 1 amide bonds. The summed E-state index contributed by atoms with van der Waals surface area (Å²) in [7, 11) is 2.08. The zero-order chi connectivity index (χ0) is 12.8. The number of amides is 1. The zero-order valence-corrected chi connectivity index (χ0v) is 12.6. The molecule has 1 N–H and O–H groups in total. The Bertz CT molecular complexity index is 267. The van der Waals surface area contributed by atoms with Gasteiger partial charge < -0.3 is 19.9 Å². The van der Waals surface area contributed by atoms with E-state index in [4.69, 9.17) is 4.74 Å². The lowest BCUT2D eigenvalue weighted by Gasteiger charge is -2.28. The number of carbonyl (C=O) groups is 1. The fourth-order valence-electron chi connectivity index (χ4n) is 2.59. The van der Waals surface area contributed by atoms with E-state index in [0.29, 0.717) is 12.5 Å². The normalized spacial score (nSPS) is 23.5. The van der Waals surface area contributed by atoms with Gasteiger partial charge in [0.25, 0.3) is 0 Å². The molecule has 0 bridgehead atoms. The SMILES string of the molecule is CN(CCC(=O)N1CCNCC1)CC1CCCO1.Cl. The quantitative estimate of drug-likeness (QED) is 0.793. The van der Waals surface area contributed by atoms with Crippen molar-refractivity contribution in [1.82, 2.24) is 15.1 Å². The third-order valence-electron chi connectivity index (χ3n) is 3.72. The van der Waals surface area contributed by atoms with Gasteiger partial charge in [-0.1, -0.05) is 0 Å². The molecule has 0 aromatic heterocycles. The monoisotopic (exact) mass is 291 g/mol. The molecule has 2 heterocycles. The molecule has 0 saturated carbocycles. The first-order valence-corrected chi connectivity index (χ1v) is 7.04. The molecule has 0 aliphatic carbocycles. The number of likely N-dealkylation sites (N-methyl/N-ethyl adjacent to an activating group) is 1. The molecule has 0 radical (unpaired) electrons. The van der Waals surface area contributed by atoms with Gasteiger partial charge in [-0.25, -0.2) is 0 Å². The Hall–Kier alpha value is -0.360. The Morgan fingerprint density at radius 3 is 2.79 bits per heavy atom. The van der Waals surface area contributed by atoms with Crippen LogP contribution in [0.4, 0.5) is 0 Å². The summed E-state index contributed by atoms with van der Waals surface area (Å²) in [4.78, 5) is 16.2. The van der Waals surface area contributed by atoms with Gasteiger partial charge in [-0.15, -0.1) is 12.4 Å². The van der Waals surface area contributed by atoms with Gasteiger partial charge in [0.2, 0.25) is 5.91 Å². The molecule has 0 spiro atoms. The molecule has 0 aromatic carbocycles. The van der Waals surface area contributed by atoms with Crippen molar-refractivity contribution in [2.75, 3.05) is 52.9 Å². The van der Waals surface area contributed by atoms with E-state index in [0.717, 1.165) is 52.3 Å². The van der Waals surface area contributed by atoms with E-state index in [9.17, 15) is 4.79 Å². The highest BCUT2D eigenvalue weighted by atomic mass is 35.5. The predicted octanol–water partition coefficient (Wildman–Crippen LogP) is 0.341. The third-order valence-corrected chi connectivity index (χ3v) is 3.72. The molecular formula is C13H26ClN3O2. The lowest BCUT2D eigenvalue weighted by molar-refractivity contribution is -0.132. The van der Waals surface area contributed by atoms with Gasteiger partial charge in [-0.3, -0.25) is 4.79 Å². The van der Waals surface area contributed by atoms with Crippen LogP contribution in [0.25, 0.3) is 0 Å². The van der Waals surface area contributed by atoms with Crippen LogP contribution >= 0.6 is 12.4 Å². The van der Waals surface area contributed by atoms with Gasteiger partial charge >= 0.3 is 0 Å². The Morgan fingerprint density at radius 1 is 1.42 bits per heavy atom. The van der Waals surface area contributed by atoms with Crippen LogP contribution in [0.2, 0.25) is 0 Å². The van der Waals surface area contributed by atoms with Crippen LogP contribution in [-0.4, -0.2) is 74.7 Å². The molecule has 2 aliphatic rings. The van der Waals surface area contributed by atoms with Crippen LogP contribution in [0.1, 0.15) is 19.3 Å². The highest BCUT2D eigenvalue weighted by Crippen LogP contribution is 2.12. The lowest BCUT2D eigenvalue weighted by Crippen LogP contribution is -2.47. The van der Waals surface area contributed by atoms with Crippen LogP contribution in [0, 0.1) is 0 Å². The van der Waals surface area contributed by atoms with Crippen molar-refractivity contribution in [3.8, 4) is 0 Å². The highest BCUT2D eigenvalue weighted by Gasteiger charge is 2.19. The van der Waals surface area contributed by atoms with Crippen LogP contribution in [0.5, 0.6) is 0 Å². The number of hydrogen-bond acceptors (Lipinski definition) is 4. The number of piperazine rings is 1. The summed E-state index contributed by atoms with van der Waals surface area (Å²) in [6, 6.07) is 0. The number of hydrogen-bond donors (Lipinski definition) is 1. The van der Waals surface area contributed by atoms with Gasteiger partial charge in [0.1, 0.15) is 0 Å². The van der Waals surface area contributed by atoms with Crippen molar-refractivity contribution >= 4 is 18.3 Å². The van der Waals surface area contributed by atoms with Crippen LogP contribution in [0.3, 0.4) is 0 Å². The first-order chi connectivity index (χ1) is 8.75. The number of rotatable bonds is 5. The summed E-state index contributed by atoms with van der Waals surface area (Å²) < 4.78 is 5.60. The summed E-state index contributed by atoms with van der Waals surface area (Å²) in [5.74, 6) is 0.288. The Balaban J connectivity index is 0.00000180. The van der Waals surface area contributed by atoms with E-state index in [1.807, 2.05) is 4.90 Å². The molecule has 6 heteroatoms. The maximum absolute atomic E-state index is 12.0. The van der Waals surface area contributed by atoms with Crippen LogP contribution < -0.4 is 5.32 Å². The van der Waals surface area contributed by atoms with Gasteiger partial charge in [0.05, 0.1) is 6.10 Å². The maximum Gasteiger partial charge on any atom is 0.223 e. The van der Waals surface area contributed by atoms with Crippen molar-refractivity contribution in [3.63, 3.8) is 0 Å². The number of nitrogens with one attached hydrogen (secondary N) is 1. The van der Waals surface area contributed by atoms with Crippen molar-refractivity contribution in [2.24, 2.45) is 0 Å². The van der Waals surface area contributed by atoms with Gasteiger partial charge in [0, 0.05) is 52.3 Å². The molecule has 2 aliphatic heterocycles. The van der Waals surface area contributed by atoms with Crippen molar-refractivity contribution in [3.05, 3.63) is 0 Å². The van der Waals surface area contributed by atoms with Crippen molar-refractivity contribution in [2.45, 2.75) is 25.4 Å². The zero-order valence-electron chi connectivity index (χ0n) is 11.8. The minimum atomic E-state index is 0. The topological polar surface area (TPSA) is 44.8 Å². The van der Waals surface area contributed by atoms with E-state index in [1.165, 1.54) is 6.42 Å². The van der Waals surface area contributed by atoms with Crippen molar-refractivity contribution in [1.29, 1.82) is 0 Å². The number of carbonyl (C=O) groups excluding carboxylic acids is 1. The minimum absolute atomic E-state index is 0. The molecule has 1 unspecified atom stereocenters. The fraction of sp³-hybridized carbons (Fsp3) is 0.923. The predicted molar refractivity (Wildman–Crippen MR) is 77.8 cm³/mol. The average molecular weight is 292 g/mol. The fourth-order valence-corrected chi connectivity index (χ4v) is 2.59. The first kappa shape index (κ1) is 16.7. The van der Waals surface area contributed by atoms with Crippen LogP contribution in [0.15, 0.2) is 0 Å². The molecule has 2 fully saturated rings. The van der Waals surface area contributed by atoms with E-state index in [1.54, 1.807) is 0 Å². The second kappa shape index (κ2) is 8.74. The summed E-state index contributed by atoms with van der Waals surface area (Å²) >= 11 is 0. The average Bonchev–Trinajstić information content (AvgIpc) is 2.90. The summed E-state index contributed by atoms with van der Waals surface area (Å²) in [5.41, 5.74) is 0. The van der Waals surface area contributed by atoms with Gasteiger partial charge in [0.15, 0.2) is 0 Å². The largest absolute Gasteiger partial charge is 0.377 e. The molecule has 112 valence electrons. The van der Waals surface area contributed by atoms with E-state index < -0.39 is 0 Å². The van der Waals surface area contributed by atoms with Crippen molar-refractivity contribution < 1.29 is 9.53 Å². The van der Waals surface area contributed by atoms with E-state index in [-0.39, 0.29) is 18.3 Å². The molecule has 1 atom stereocenters. The van der Waals surface area contributed by atoms with Gasteiger partial charge in [-0.2, -0.15) is 0 Å². The lowest BCUT2D eigenvalue weighted by atomic mass is 10.2. The maximum atomic E-state index is 12.0. The Kier molecular flexibility index (Phi) is 7.68. The number of ether oxygens (including phenoxy) is 1. The highest BCUT2D eigenvalue weighted by molar-refractivity contribution is 5.85.